The number of hydrogen-bond donors (Lipinski definition) is 0. The van der Waals surface area contributed by atoms with Gasteiger partial charge in [0.25, 0.3) is 0 Å². The molecule has 1 unspecified atom stereocenters. The van der Waals surface area contributed by atoms with Crippen molar-refractivity contribution in [1.82, 2.24) is 4.90 Å². The van der Waals surface area contributed by atoms with Crippen molar-refractivity contribution in [2.45, 2.75) is 57.4 Å². The van der Waals surface area contributed by atoms with Gasteiger partial charge in [0.05, 0.1) is 6.07 Å². The molecule has 1 atom stereocenters. The van der Waals surface area contributed by atoms with Gasteiger partial charge in [-0.25, -0.2) is 0 Å². The Kier molecular flexibility index (Phi) is 3.82. The highest BCUT2D eigenvalue weighted by atomic mass is 16.2. The van der Waals surface area contributed by atoms with Crippen molar-refractivity contribution in [3.05, 3.63) is 0 Å². The van der Waals surface area contributed by atoms with Crippen molar-refractivity contribution in [2.75, 3.05) is 6.54 Å². The average Bonchev–Trinajstić information content (AvgIpc) is 2.39. The highest BCUT2D eigenvalue weighted by Crippen LogP contribution is 2.28. The van der Waals surface area contributed by atoms with Crippen LogP contribution in [0.2, 0.25) is 0 Å². The topological polar surface area (TPSA) is 44.1 Å². The van der Waals surface area contributed by atoms with E-state index < -0.39 is 0 Å². The molecule has 0 aromatic carbocycles. The van der Waals surface area contributed by atoms with E-state index in [1.807, 2.05) is 4.90 Å². The maximum Gasteiger partial charge on any atom is 0.226 e. The molecule has 0 aromatic heterocycles. The van der Waals surface area contributed by atoms with Gasteiger partial charge in [-0.2, -0.15) is 5.26 Å². The molecule has 0 spiro atoms. The first kappa shape index (κ1) is 11.4. The van der Waals surface area contributed by atoms with Crippen LogP contribution >= 0.6 is 0 Å². The normalized spacial score (nSPS) is 27.4. The molecule has 3 nitrogen and oxygen atoms in total. The quantitative estimate of drug-likeness (QED) is 0.681. The highest BCUT2D eigenvalue weighted by Gasteiger charge is 2.31. The van der Waals surface area contributed by atoms with E-state index in [0.717, 1.165) is 38.6 Å². The van der Waals surface area contributed by atoms with Crippen LogP contribution in [0.1, 0.15) is 51.4 Å². The number of rotatable bonds is 1. The molecule has 2 rings (SSSR count). The zero-order chi connectivity index (χ0) is 11.4. The number of piperidine rings is 1. The smallest absolute Gasteiger partial charge is 0.226 e. The van der Waals surface area contributed by atoms with Crippen LogP contribution in [0, 0.1) is 17.2 Å². The second-order valence-corrected chi connectivity index (χ2v) is 5.01. The lowest BCUT2D eigenvalue weighted by molar-refractivity contribution is -0.139. The lowest BCUT2D eigenvalue weighted by Gasteiger charge is -2.35. The van der Waals surface area contributed by atoms with Gasteiger partial charge in [-0.1, -0.05) is 19.3 Å². The number of likely N-dealkylation sites (tertiary alicyclic amines) is 1. The molecule has 0 aromatic rings. The largest absolute Gasteiger partial charge is 0.326 e. The molecular weight excluding hydrogens is 200 g/mol. The lowest BCUT2D eigenvalue weighted by Crippen LogP contribution is -2.46. The Balaban J connectivity index is 1.98. The maximum atomic E-state index is 12.3. The Bertz CT molecular complexity index is 289. The molecule has 88 valence electrons. The third-order valence-electron chi connectivity index (χ3n) is 3.89. The minimum Gasteiger partial charge on any atom is -0.326 e. The molecule has 3 heteroatoms. The van der Waals surface area contributed by atoms with Gasteiger partial charge in [0.2, 0.25) is 5.91 Å². The van der Waals surface area contributed by atoms with Gasteiger partial charge in [0, 0.05) is 12.5 Å². The van der Waals surface area contributed by atoms with Gasteiger partial charge in [0.15, 0.2) is 0 Å². The molecule has 1 heterocycles. The maximum absolute atomic E-state index is 12.3. The van der Waals surface area contributed by atoms with Crippen LogP contribution in [0.4, 0.5) is 0 Å². The van der Waals surface area contributed by atoms with Gasteiger partial charge < -0.3 is 4.90 Å². The number of amides is 1. The number of hydrogen-bond acceptors (Lipinski definition) is 2. The number of carbonyl (C=O) groups is 1. The molecule has 2 fully saturated rings. The summed E-state index contributed by atoms with van der Waals surface area (Å²) in [6.07, 6.45) is 8.73. The summed E-state index contributed by atoms with van der Waals surface area (Å²) in [7, 11) is 0. The SMILES string of the molecule is N#CC1CCCCN1C(=O)C1CCCCC1. The molecule has 1 saturated carbocycles. The van der Waals surface area contributed by atoms with Gasteiger partial charge >= 0.3 is 0 Å². The molecule has 0 radical (unpaired) electrons. The van der Waals surface area contributed by atoms with Crippen LogP contribution in [-0.2, 0) is 4.79 Å². The van der Waals surface area contributed by atoms with Crippen molar-refractivity contribution in [3.8, 4) is 6.07 Å². The summed E-state index contributed by atoms with van der Waals surface area (Å²) in [5.74, 6) is 0.466. The Labute approximate surface area is 97.4 Å². The van der Waals surface area contributed by atoms with Crippen molar-refractivity contribution in [3.63, 3.8) is 0 Å². The zero-order valence-corrected chi connectivity index (χ0v) is 9.82. The second-order valence-electron chi connectivity index (χ2n) is 5.01. The van der Waals surface area contributed by atoms with Crippen LogP contribution in [0.25, 0.3) is 0 Å². The fraction of sp³-hybridized carbons (Fsp3) is 0.846. The third-order valence-corrected chi connectivity index (χ3v) is 3.89. The van der Waals surface area contributed by atoms with Crippen molar-refractivity contribution >= 4 is 5.91 Å². The summed E-state index contributed by atoms with van der Waals surface area (Å²) in [5, 5.41) is 9.06. The first-order chi connectivity index (χ1) is 7.83. The predicted octanol–water partition coefficient (Wildman–Crippen LogP) is 2.47. The Morgan fingerprint density at radius 2 is 1.75 bits per heavy atom. The van der Waals surface area contributed by atoms with E-state index in [4.69, 9.17) is 5.26 Å². The molecule has 1 aliphatic heterocycles. The van der Waals surface area contributed by atoms with Crippen LogP contribution in [0.15, 0.2) is 0 Å². The van der Waals surface area contributed by atoms with E-state index in [-0.39, 0.29) is 17.9 Å². The number of nitrogens with zero attached hydrogens (tertiary/aromatic N) is 2. The molecular formula is C13H20N2O. The van der Waals surface area contributed by atoms with Crippen LogP contribution in [-0.4, -0.2) is 23.4 Å². The second kappa shape index (κ2) is 5.34. The molecule has 16 heavy (non-hydrogen) atoms. The summed E-state index contributed by atoms with van der Waals surface area (Å²) in [4.78, 5) is 14.1. The number of carbonyl (C=O) groups excluding carboxylic acids is 1. The highest BCUT2D eigenvalue weighted by molar-refractivity contribution is 5.79. The van der Waals surface area contributed by atoms with Crippen LogP contribution < -0.4 is 0 Å². The molecule has 0 N–H and O–H groups in total. The van der Waals surface area contributed by atoms with Crippen molar-refractivity contribution in [2.24, 2.45) is 5.92 Å². The van der Waals surface area contributed by atoms with Gasteiger partial charge in [0.1, 0.15) is 6.04 Å². The van der Waals surface area contributed by atoms with Crippen molar-refractivity contribution in [1.29, 1.82) is 5.26 Å². The van der Waals surface area contributed by atoms with E-state index in [2.05, 4.69) is 6.07 Å². The van der Waals surface area contributed by atoms with Crippen molar-refractivity contribution < 1.29 is 4.79 Å². The first-order valence-electron chi connectivity index (χ1n) is 6.53. The molecule has 2 aliphatic rings. The van der Waals surface area contributed by atoms with E-state index in [1.165, 1.54) is 19.3 Å². The summed E-state index contributed by atoms with van der Waals surface area (Å²) >= 11 is 0. The van der Waals surface area contributed by atoms with Gasteiger partial charge in [-0.15, -0.1) is 0 Å². The summed E-state index contributed by atoms with van der Waals surface area (Å²) < 4.78 is 0. The van der Waals surface area contributed by atoms with E-state index in [1.54, 1.807) is 0 Å². The summed E-state index contributed by atoms with van der Waals surface area (Å²) in [5.41, 5.74) is 0. The van der Waals surface area contributed by atoms with Gasteiger partial charge in [-0.3, -0.25) is 4.79 Å². The Morgan fingerprint density at radius 1 is 1.06 bits per heavy atom. The Hall–Kier alpha value is -1.04. The predicted molar refractivity (Wildman–Crippen MR) is 61.5 cm³/mol. The minimum absolute atomic E-state index is 0.150. The van der Waals surface area contributed by atoms with Crippen LogP contribution in [0.5, 0.6) is 0 Å². The Morgan fingerprint density at radius 3 is 2.44 bits per heavy atom. The van der Waals surface area contributed by atoms with Gasteiger partial charge in [-0.05, 0) is 32.1 Å². The molecule has 0 bridgehead atoms. The van der Waals surface area contributed by atoms with E-state index in [9.17, 15) is 4.79 Å². The monoisotopic (exact) mass is 220 g/mol. The minimum atomic E-state index is -0.150. The first-order valence-corrected chi connectivity index (χ1v) is 6.53. The molecule has 1 aliphatic carbocycles. The average molecular weight is 220 g/mol. The lowest BCUT2D eigenvalue weighted by atomic mass is 9.87. The number of nitriles is 1. The van der Waals surface area contributed by atoms with E-state index >= 15 is 0 Å². The molecule has 1 amide bonds. The molecule has 1 saturated heterocycles. The standard InChI is InChI=1S/C13H20N2O/c14-10-12-8-4-5-9-15(12)13(16)11-6-2-1-3-7-11/h11-12H,1-9H2. The zero-order valence-electron chi connectivity index (χ0n) is 9.82. The fourth-order valence-electron chi connectivity index (χ4n) is 2.91. The summed E-state index contributed by atoms with van der Waals surface area (Å²) in [6.45, 7) is 0.799. The summed E-state index contributed by atoms with van der Waals surface area (Å²) in [6, 6.07) is 2.13. The van der Waals surface area contributed by atoms with E-state index in [0.29, 0.717) is 0 Å². The van der Waals surface area contributed by atoms with Crippen LogP contribution in [0.3, 0.4) is 0 Å². The fourth-order valence-corrected chi connectivity index (χ4v) is 2.91. The third kappa shape index (κ3) is 2.37.